The van der Waals surface area contributed by atoms with Crippen LogP contribution in [0.15, 0.2) is 6.07 Å². The Kier molecular flexibility index (Phi) is 3.47. The Hall–Kier alpha value is -2.38. The molecule has 0 aliphatic heterocycles. The molecule has 8 nitrogen and oxygen atoms in total. The number of tetrazole rings is 1. The predicted octanol–water partition coefficient (Wildman–Crippen LogP) is 0.858. The van der Waals surface area contributed by atoms with Gasteiger partial charge in [0.2, 0.25) is 0 Å². The molecule has 0 saturated heterocycles. The SMILES string of the molecule is Cc1cc(-c2nnnn2CC(C)(C)C(=O)O)c(C)nn1. The zero-order valence-corrected chi connectivity index (χ0v) is 11.8. The van der Waals surface area contributed by atoms with Crippen molar-refractivity contribution in [3.05, 3.63) is 17.5 Å². The number of nitrogens with zero attached hydrogens (tertiary/aromatic N) is 6. The maximum atomic E-state index is 11.2. The number of aryl methyl sites for hydroxylation is 2. The molecule has 0 fully saturated rings. The van der Waals surface area contributed by atoms with E-state index in [-0.39, 0.29) is 6.54 Å². The molecule has 0 aromatic carbocycles. The first kappa shape index (κ1) is 14.0. The number of hydrogen-bond acceptors (Lipinski definition) is 6. The average Bonchev–Trinajstić information content (AvgIpc) is 2.79. The topological polar surface area (TPSA) is 107 Å². The minimum atomic E-state index is -0.965. The van der Waals surface area contributed by atoms with Gasteiger partial charge in [-0.05, 0) is 44.2 Å². The van der Waals surface area contributed by atoms with Crippen LogP contribution in [-0.4, -0.2) is 41.5 Å². The molecule has 8 heteroatoms. The smallest absolute Gasteiger partial charge is 0.310 e. The highest BCUT2D eigenvalue weighted by Crippen LogP contribution is 2.23. The van der Waals surface area contributed by atoms with Crippen LogP contribution in [0.2, 0.25) is 0 Å². The van der Waals surface area contributed by atoms with Crippen molar-refractivity contribution in [3.8, 4) is 11.4 Å². The summed E-state index contributed by atoms with van der Waals surface area (Å²) in [5.74, 6) is -0.408. The fraction of sp³-hybridized carbons (Fsp3) is 0.500. The summed E-state index contributed by atoms with van der Waals surface area (Å²) in [6.07, 6.45) is 0. The summed E-state index contributed by atoms with van der Waals surface area (Å²) in [5, 5.41) is 28.7. The van der Waals surface area contributed by atoms with Crippen molar-refractivity contribution < 1.29 is 9.90 Å². The maximum absolute atomic E-state index is 11.2. The molecule has 0 aliphatic carbocycles. The van der Waals surface area contributed by atoms with Crippen molar-refractivity contribution in [1.82, 2.24) is 30.4 Å². The lowest BCUT2D eigenvalue weighted by atomic mass is 9.94. The molecule has 106 valence electrons. The van der Waals surface area contributed by atoms with Gasteiger partial charge in [-0.15, -0.1) is 5.10 Å². The van der Waals surface area contributed by atoms with Crippen LogP contribution in [-0.2, 0) is 11.3 Å². The molecule has 2 rings (SSSR count). The molecular weight excluding hydrogens is 260 g/mol. The van der Waals surface area contributed by atoms with Crippen molar-refractivity contribution in [2.24, 2.45) is 5.41 Å². The molecule has 0 radical (unpaired) electrons. The Morgan fingerprint density at radius 2 is 2.00 bits per heavy atom. The van der Waals surface area contributed by atoms with Crippen molar-refractivity contribution in [1.29, 1.82) is 0 Å². The fourth-order valence-electron chi connectivity index (χ4n) is 1.72. The summed E-state index contributed by atoms with van der Waals surface area (Å²) in [5.41, 5.74) is 1.23. The van der Waals surface area contributed by atoms with E-state index < -0.39 is 11.4 Å². The van der Waals surface area contributed by atoms with Gasteiger partial charge in [0, 0.05) is 5.56 Å². The van der Waals surface area contributed by atoms with E-state index in [0.717, 1.165) is 11.3 Å². The fourth-order valence-corrected chi connectivity index (χ4v) is 1.72. The average molecular weight is 276 g/mol. The van der Waals surface area contributed by atoms with Crippen molar-refractivity contribution >= 4 is 5.97 Å². The number of rotatable bonds is 4. The Bertz CT molecular complexity index is 649. The first-order valence-electron chi connectivity index (χ1n) is 6.12. The van der Waals surface area contributed by atoms with Gasteiger partial charge in [-0.2, -0.15) is 10.2 Å². The highest BCUT2D eigenvalue weighted by molar-refractivity contribution is 5.73. The normalized spacial score (nSPS) is 11.6. The second-order valence-corrected chi connectivity index (χ2v) is 5.33. The van der Waals surface area contributed by atoms with Crippen molar-refractivity contribution in [2.45, 2.75) is 34.2 Å². The minimum absolute atomic E-state index is 0.172. The number of carboxylic acid groups (broad SMARTS) is 1. The summed E-state index contributed by atoms with van der Waals surface area (Å²) in [4.78, 5) is 11.2. The molecule has 2 heterocycles. The van der Waals surface area contributed by atoms with Crippen LogP contribution in [0.25, 0.3) is 11.4 Å². The molecule has 0 atom stereocenters. The zero-order valence-electron chi connectivity index (χ0n) is 11.8. The molecule has 0 bridgehead atoms. The molecule has 0 aliphatic rings. The van der Waals surface area contributed by atoms with E-state index in [2.05, 4.69) is 25.7 Å². The van der Waals surface area contributed by atoms with Crippen LogP contribution in [0.1, 0.15) is 25.2 Å². The molecule has 1 N–H and O–H groups in total. The van der Waals surface area contributed by atoms with E-state index in [1.165, 1.54) is 4.68 Å². The lowest BCUT2D eigenvalue weighted by molar-refractivity contribution is -0.147. The van der Waals surface area contributed by atoms with Gasteiger partial charge in [0.1, 0.15) is 0 Å². The number of aromatic nitrogens is 6. The van der Waals surface area contributed by atoms with E-state index in [4.69, 9.17) is 0 Å². The second-order valence-electron chi connectivity index (χ2n) is 5.33. The maximum Gasteiger partial charge on any atom is 0.310 e. The molecule has 2 aromatic rings. The first-order chi connectivity index (χ1) is 9.31. The lowest BCUT2D eigenvalue weighted by Crippen LogP contribution is -2.30. The van der Waals surface area contributed by atoms with Crippen LogP contribution >= 0.6 is 0 Å². The van der Waals surface area contributed by atoms with E-state index in [1.54, 1.807) is 13.8 Å². The molecule has 0 spiro atoms. The van der Waals surface area contributed by atoms with Gasteiger partial charge in [0.15, 0.2) is 5.82 Å². The molecular formula is C12H16N6O2. The van der Waals surface area contributed by atoms with Crippen LogP contribution in [0.4, 0.5) is 0 Å². The van der Waals surface area contributed by atoms with E-state index >= 15 is 0 Å². The van der Waals surface area contributed by atoms with Gasteiger partial charge in [-0.3, -0.25) is 4.79 Å². The van der Waals surface area contributed by atoms with Crippen LogP contribution in [0.3, 0.4) is 0 Å². The van der Waals surface area contributed by atoms with Gasteiger partial charge < -0.3 is 5.11 Å². The summed E-state index contributed by atoms with van der Waals surface area (Å²) in [6.45, 7) is 7.06. The summed E-state index contributed by atoms with van der Waals surface area (Å²) in [7, 11) is 0. The van der Waals surface area contributed by atoms with Crippen molar-refractivity contribution in [3.63, 3.8) is 0 Å². The van der Waals surface area contributed by atoms with Crippen molar-refractivity contribution in [2.75, 3.05) is 0 Å². The molecule has 2 aromatic heterocycles. The number of carboxylic acids is 1. The van der Waals surface area contributed by atoms with Gasteiger partial charge >= 0.3 is 5.97 Å². The predicted molar refractivity (Wildman–Crippen MR) is 69.7 cm³/mol. The van der Waals surface area contributed by atoms with E-state index in [0.29, 0.717) is 11.5 Å². The number of hydrogen-bond donors (Lipinski definition) is 1. The van der Waals surface area contributed by atoms with Crippen LogP contribution < -0.4 is 0 Å². The van der Waals surface area contributed by atoms with Crippen LogP contribution in [0, 0.1) is 19.3 Å². The van der Waals surface area contributed by atoms with E-state index in [9.17, 15) is 9.90 Å². The monoisotopic (exact) mass is 276 g/mol. The molecule has 0 amide bonds. The highest BCUT2D eigenvalue weighted by Gasteiger charge is 2.30. The molecule has 0 saturated carbocycles. The van der Waals surface area contributed by atoms with Crippen LogP contribution in [0.5, 0.6) is 0 Å². The zero-order chi connectivity index (χ0) is 14.9. The Labute approximate surface area is 115 Å². The summed E-state index contributed by atoms with van der Waals surface area (Å²) in [6, 6.07) is 1.83. The largest absolute Gasteiger partial charge is 0.481 e. The molecule has 0 unspecified atom stereocenters. The first-order valence-corrected chi connectivity index (χ1v) is 6.12. The van der Waals surface area contributed by atoms with Gasteiger partial charge in [0.05, 0.1) is 23.3 Å². The van der Waals surface area contributed by atoms with Gasteiger partial charge in [-0.25, -0.2) is 4.68 Å². The standard InChI is InChI=1S/C12H16N6O2/c1-7-5-9(8(2)14-13-7)10-15-16-17-18(10)6-12(3,4)11(19)20/h5H,6H2,1-4H3,(H,19,20). The number of carbonyl (C=O) groups is 1. The van der Waals surface area contributed by atoms with E-state index in [1.807, 2.05) is 19.9 Å². The third-order valence-corrected chi connectivity index (χ3v) is 3.00. The molecule has 20 heavy (non-hydrogen) atoms. The third-order valence-electron chi connectivity index (χ3n) is 3.00. The minimum Gasteiger partial charge on any atom is -0.481 e. The lowest BCUT2D eigenvalue weighted by Gasteiger charge is -2.19. The Morgan fingerprint density at radius 3 is 2.65 bits per heavy atom. The highest BCUT2D eigenvalue weighted by atomic mass is 16.4. The quantitative estimate of drug-likeness (QED) is 0.882. The second kappa shape index (κ2) is 4.95. The van der Waals surface area contributed by atoms with Gasteiger partial charge in [0.25, 0.3) is 0 Å². The third kappa shape index (κ3) is 2.63. The summed E-state index contributed by atoms with van der Waals surface area (Å²) >= 11 is 0. The Balaban J connectivity index is 2.43. The number of aliphatic carboxylic acids is 1. The Morgan fingerprint density at radius 1 is 1.30 bits per heavy atom. The summed E-state index contributed by atoms with van der Waals surface area (Å²) < 4.78 is 1.48. The van der Waals surface area contributed by atoms with Gasteiger partial charge in [-0.1, -0.05) is 0 Å².